The third kappa shape index (κ3) is 2.71. The van der Waals surface area contributed by atoms with E-state index in [4.69, 9.17) is 0 Å². The molecule has 1 fully saturated rings. The Morgan fingerprint density at radius 1 is 1.44 bits per heavy atom. The lowest BCUT2D eigenvalue weighted by Gasteiger charge is -2.09. The summed E-state index contributed by atoms with van der Waals surface area (Å²) in [5, 5.41) is 3.42. The first-order chi connectivity index (χ1) is 7.56. The molecule has 1 N–H and O–H groups in total. The molecule has 2 atom stereocenters. The van der Waals surface area contributed by atoms with E-state index in [0.717, 1.165) is 35.7 Å². The predicted molar refractivity (Wildman–Crippen MR) is 66.6 cm³/mol. The molecule has 88 valence electrons. The minimum absolute atomic E-state index is 0.389. The second-order valence-corrected chi connectivity index (χ2v) is 5.26. The SMILES string of the molecule is Cc1cc(NCC2CC2C)nc(C(C)C)n1. The molecule has 1 heterocycles. The monoisotopic (exact) mass is 219 g/mol. The van der Waals surface area contributed by atoms with Crippen LogP contribution < -0.4 is 5.32 Å². The van der Waals surface area contributed by atoms with Gasteiger partial charge in [0.1, 0.15) is 11.6 Å². The van der Waals surface area contributed by atoms with Crippen molar-refractivity contribution in [1.29, 1.82) is 0 Å². The fourth-order valence-corrected chi connectivity index (χ4v) is 1.86. The minimum atomic E-state index is 0.389. The second kappa shape index (κ2) is 4.40. The number of nitrogens with zero attached hydrogens (tertiary/aromatic N) is 2. The molecule has 2 rings (SSSR count). The molecule has 1 aliphatic carbocycles. The van der Waals surface area contributed by atoms with Crippen LogP contribution in [0.3, 0.4) is 0 Å². The maximum Gasteiger partial charge on any atom is 0.133 e. The van der Waals surface area contributed by atoms with E-state index < -0.39 is 0 Å². The fraction of sp³-hybridized carbons (Fsp3) is 0.692. The Morgan fingerprint density at radius 3 is 2.69 bits per heavy atom. The second-order valence-electron chi connectivity index (χ2n) is 5.26. The summed E-state index contributed by atoms with van der Waals surface area (Å²) in [5.41, 5.74) is 1.05. The van der Waals surface area contributed by atoms with E-state index in [2.05, 4.69) is 36.1 Å². The van der Waals surface area contributed by atoms with E-state index in [1.165, 1.54) is 6.42 Å². The Balaban J connectivity index is 2.02. The van der Waals surface area contributed by atoms with Crippen LogP contribution >= 0.6 is 0 Å². The topological polar surface area (TPSA) is 37.8 Å². The van der Waals surface area contributed by atoms with Gasteiger partial charge in [0.2, 0.25) is 0 Å². The first-order valence-corrected chi connectivity index (χ1v) is 6.15. The molecule has 1 aromatic heterocycles. The Bertz CT molecular complexity index is 373. The zero-order chi connectivity index (χ0) is 11.7. The molecule has 1 aromatic rings. The molecule has 0 radical (unpaired) electrons. The van der Waals surface area contributed by atoms with Crippen molar-refractivity contribution in [3.8, 4) is 0 Å². The number of aryl methyl sites for hydroxylation is 1. The van der Waals surface area contributed by atoms with E-state index in [1.54, 1.807) is 0 Å². The number of hydrogen-bond acceptors (Lipinski definition) is 3. The van der Waals surface area contributed by atoms with Gasteiger partial charge in [0.15, 0.2) is 0 Å². The Hall–Kier alpha value is -1.12. The largest absolute Gasteiger partial charge is 0.370 e. The highest BCUT2D eigenvalue weighted by Crippen LogP contribution is 2.37. The van der Waals surface area contributed by atoms with Gasteiger partial charge in [-0.2, -0.15) is 0 Å². The van der Waals surface area contributed by atoms with Gasteiger partial charge in [-0.25, -0.2) is 9.97 Å². The molecular formula is C13H21N3. The van der Waals surface area contributed by atoms with Crippen molar-refractivity contribution >= 4 is 5.82 Å². The number of anilines is 1. The average Bonchev–Trinajstić information content (AvgIpc) is 2.91. The molecule has 1 saturated carbocycles. The predicted octanol–water partition coefficient (Wildman–Crippen LogP) is 2.98. The van der Waals surface area contributed by atoms with Crippen molar-refractivity contribution in [2.45, 2.75) is 40.0 Å². The van der Waals surface area contributed by atoms with Crippen LogP contribution in [-0.4, -0.2) is 16.5 Å². The van der Waals surface area contributed by atoms with Crippen LogP contribution in [0.25, 0.3) is 0 Å². The van der Waals surface area contributed by atoms with Gasteiger partial charge in [0, 0.05) is 24.2 Å². The van der Waals surface area contributed by atoms with Crippen LogP contribution in [0.2, 0.25) is 0 Å². The van der Waals surface area contributed by atoms with E-state index in [1.807, 2.05) is 13.0 Å². The lowest BCUT2D eigenvalue weighted by Crippen LogP contribution is -2.09. The van der Waals surface area contributed by atoms with Gasteiger partial charge in [0.05, 0.1) is 0 Å². The smallest absolute Gasteiger partial charge is 0.133 e. The summed E-state index contributed by atoms with van der Waals surface area (Å²) in [6.45, 7) is 9.63. The van der Waals surface area contributed by atoms with Crippen molar-refractivity contribution in [3.63, 3.8) is 0 Å². The third-order valence-electron chi connectivity index (χ3n) is 3.21. The molecule has 3 heteroatoms. The van der Waals surface area contributed by atoms with Crippen molar-refractivity contribution in [2.24, 2.45) is 11.8 Å². The lowest BCUT2D eigenvalue weighted by molar-refractivity contribution is 0.755. The lowest BCUT2D eigenvalue weighted by atomic mass is 10.2. The molecule has 0 saturated heterocycles. The van der Waals surface area contributed by atoms with Gasteiger partial charge < -0.3 is 5.32 Å². The Morgan fingerprint density at radius 2 is 2.12 bits per heavy atom. The van der Waals surface area contributed by atoms with Gasteiger partial charge in [-0.15, -0.1) is 0 Å². The van der Waals surface area contributed by atoms with Gasteiger partial charge in [0.25, 0.3) is 0 Å². The maximum absolute atomic E-state index is 4.54. The molecule has 0 aromatic carbocycles. The highest BCUT2D eigenvalue weighted by atomic mass is 15.0. The zero-order valence-electron chi connectivity index (χ0n) is 10.6. The van der Waals surface area contributed by atoms with E-state index in [-0.39, 0.29) is 0 Å². The summed E-state index contributed by atoms with van der Waals surface area (Å²) in [5.74, 6) is 4.04. The van der Waals surface area contributed by atoms with Crippen LogP contribution in [0.5, 0.6) is 0 Å². The van der Waals surface area contributed by atoms with Crippen LogP contribution in [0, 0.1) is 18.8 Å². The molecule has 1 aliphatic rings. The normalized spacial score (nSPS) is 23.6. The Kier molecular flexibility index (Phi) is 3.13. The molecular weight excluding hydrogens is 198 g/mol. The van der Waals surface area contributed by atoms with Gasteiger partial charge in [-0.05, 0) is 25.2 Å². The number of hydrogen-bond donors (Lipinski definition) is 1. The van der Waals surface area contributed by atoms with Gasteiger partial charge in [-0.3, -0.25) is 0 Å². The first kappa shape index (κ1) is 11.4. The minimum Gasteiger partial charge on any atom is -0.370 e. The summed E-state index contributed by atoms with van der Waals surface area (Å²) >= 11 is 0. The zero-order valence-corrected chi connectivity index (χ0v) is 10.6. The summed E-state index contributed by atoms with van der Waals surface area (Å²) in [7, 11) is 0. The number of rotatable bonds is 4. The molecule has 0 bridgehead atoms. The molecule has 16 heavy (non-hydrogen) atoms. The number of nitrogens with one attached hydrogen (secondary N) is 1. The molecule has 0 aliphatic heterocycles. The maximum atomic E-state index is 4.54. The highest BCUT2D eigenvalue weighted by Gasteiger charge is 2.31. The van der Waals surface area contributed by atoms with Crippen LogP contribution in [0.1, 0.15) is 44.6 Å². The first-order valence-electron chi connectivity index (χ1n) is 6.15. The van der Waals surface area contributed by atoms with Crippen LogP contribution in [0.15, 0.2) is 6.07 Å². The summed E-state index contributed by atoms with van der Waals surface area (Å²) in [6.07, 6.45) is 1.36. The quantitative estimate of drug-likeness (QED) is 0.846. The van der Waals surface area contributed by atoms with Crippen molar-refractivity contribution in [1.82, 2.24) is 9.97 Å². The van der Waals surface area contributed by atoms with Crippen LogP contribution in [-0.2, 0) is 0 Å². The molecule has 3 nitrogen and oxygen atoms in total. The third-order valence-corrected chi connectivity index (χ3v) is 3.21. The van der Waals surface area contributed by atoms with E-state index >= 15 is 0 Å². The standard InChI is InChI=1S/C13H21N3/c1-8(2)13-15-10(4)6-12(16-13)14-7-11-5-9(11)3/h6,8-9,11H,5,7H2,1-4H3,(H,14,15,16). The van der Waals surface area contributed by atoms with Crippen LogP contribution in [0.4, 0.5) is 5.82 Å². The number of aromatic nitrogens is 2. The van der Waals surface area contributed by atoms with E-state index in [9.17, 15) is 0 Å². The summed E-state index contributed by atoms with van der Waals surface area (Å²) in [4.78, 5) is 8.98. The Labute approximate surface area is 97.7 Å². The molecule has 2 unspecified atom stereocenters. The van der Waals surface area contributed by atoms with Gasteiger partial charge >= 0.3 is 0 Å². The van der Waals surface area contributed by atoms with E-state index in [0.29, 0.717) is 5.92 Å². The summed E-state index contributed by atoms with van der Waals surface area (Å²) < 4.78 is 0. The summed E-state index contributed by atoms with van der Waals surface area (Å²) in [6, 6.07) is 2.03. The van der Waals surface area contributed by atoms with Crippen molar-refractivity contribution in [3.05, 3.63) is 17.6 Å². The molecule has 0 amide bonds. The van der Waals surface area contributed by atoms with Crippen molar-refractivity contribution < 1.29 is 0 Å². The molecule has 0 spiro atoms. The fourth-order valence-electron chi connectivity index (χ4n) is 1.86. The van der Waals surface area contributed by atoms with Gasteiger partial charge in [-0.1, -0.05) is 20.8 Å². The average molecular weight is 219 g/mol. The van der Waals surface area contributed by atoms with Crippen molar-refractivity contribution in [2.75, 3.05) is 11.9 Å². The highest BCUT2D eigenvalue weighted by molar-refractivity contribution is 5.36.